The minimum atomic E-state index is -1.59. The van der Waals surface area contributed by atoms with Gasteiger partial charge in [-0.1, -0.05) is 47.0 Å². The third kappa shape index (κ3) is 4.76. The standard InChI is InChI=1S/C37H30Cl2N4O8/c1-50-22-6-2-19(3-7-22)37-26(33(46)43(35(37)48)41-28-10-4-20(38)14-27(28)39)15-25-23(8-9-24-30(25)34(47)42(32(24)45)36(40)49)31(37)18-12-17-13-21(44)5-11-29(17)51-16-18/h2-8,10-11,13-14,16,24-26,30-31,41,44H,9,12,15H2,1H3,(H2,40,49)/t24-,25+,26-,30-,31-,37+/m0/s1. The number of phenols is 1. The van der Waals surface area contributed by atoms with E-state index in [1.807, 2.05) is 6.08 Å². The summed E-state index contributed by atoms with van der Waals surface area (Å²) >= 11 is 12.6. The van der Waals surface area contributed by atoms with Crippen molar-refractivity contribution in [2.45, 2.75) is 24.7 Å². The Kier molecular flexibility index (Phi) is 7.65. The number of hydrogen-bond acceptors (Lipinski definition) is 9. The number of urea groups is 1. The van der Waals surface area contributed by atoms with E-state index >= 15 is 4.79 Å². The lowest BCUT2D eigenvalue weighted by atomic mass is 9.48. The number of fused-ring (bicyclic) bond motifs is 5. The zero-order valence-electron chi connectivity index (χ0n) is 27.0. The van der Waals surface area contributed by atoms with Crippen LogP contribution in [0.4, 0.5) is 10.5 Å². The molecule has 3 heterocycles. The van der Waals surface area contributed by atoms with Crippen molar-refractivity contribution in [2.24, 2.45) is 35.3 Å². The van der Waals surface area contributed by atoms with Crippen LogP contribution in [0, 0.1) is 29.6 Å². The summed E-state index contributed by atoms with van der Waals surface area (Å²) in [5.74, 6) is -6.01. The molecule has 0 unspecified atom stereocenters. The Hall–Kier alpha value is -5.33. The summed E-state index contributed by atoms with van der Waals surface area (Å²) in [5.41, 5.74) is 9.56. The van der Waals surface area contributed by atoms with Gasteiger partial charge >= 0.3 is 6.03 Å². The molecule has 1 saturated carbocycles. The van der Waals surface area contributed by atoms with Gasteiger partial charge in [-0.15, -0.1) is 0 Å². The maximum Gasteiger partial charge on any atom is 0.328 e. The summed E-state index contributed by atoms with van der Waals surface area (Å²) in [6.07, 6.45) is 3.76. The van der Waals surface area contributed by atoms with E-state index in [0.717, 1.165) is 5.01 Å². The van der Waals surface area contributed by atoms with Crippen molar-refractivity contribution in [3.05, 3.63) is 105 Å². The first-order chi connectivity index (χ1) is 24.4. The van der Waals surface area contributed by atoms with E-state index in [9.17, 15) is 24.3 Å². The van der Waals surface area contributed by atoms with E-state index in [1.54, 1.807) is 54.8 Å². The minimum Gasteiger partial charge on any atom is -0.508 e. The predicted molar refractivity (Wildman–Crippen MR) is 183 cm³/mol. The highest BCUT2D eigenvalue weighted by Gasteiger charge is 2.71. The number of benzene rings is 3. The van der Waals surface area contributed by atoms with E-state index in [-0.39, 0.29) is 35.7 Å². The highest BCUT2D eigenvalue weighted by molar-refractivity contribution is 6.36. The smallest absolute Gasteiger partial charge is 0.328 e. The number of carbonyl (C=O) groups excluding carboxylic acids is 5. The molecule has 260 valence electrons. The van der Waals surface area contributed by atoms with E-state index in [4.69, 9.17) is 38.4 Å². The van der Waals surface area contributed by atoms with Gasteiger partial charge in [0.1, 0.15) is 17.2 Å². The molecule has 3 aromatic carbocycles. The van der Waals surface area contributed by atoms with Gasteiger partial charge in [0.25, 0.3) is 11.8 Å². The molecule has 5 aliphatic rings. The SMILES string of the molecule is COc1ccc([C@@]23C(=O)N(Nc4ccc(Cl)cc4Cl)C(=O)[C@@H]2C[C@@H]2C(=CC[C@@H]4C(=O)N(C(N)=O)C(=O)[C@@H]42)[C@@H]3C2=COc3ccc(O)cc3C2)cc1. The molecule has 8 rings (SSSR count). The number of carbonyl (C=O) groups is 5. The third-order valence-electron chi connectivity index (χ3n) is 10.9. The number of primary amides is 1. The fourth-order valence-electron chi connectivity index (χ4n) is 8.88. The Balaban J connectivity index is 1.35. The zero-order valence-corrected chi connectivity index (χ0v) is 28.5. The molecule has 3 aliphatic heterocycles. The van der Waals surface area contributed by atoms with Crippen molar-refractivity contribution >= 4 is 58.5 Å². The first-order valence-corrected chi connectivity index (χ1v) is 17.0. The molecule has 0 bridgehead atoms. The number of amides is 6. The number of nitrogens with zero attached hydrogens (tertiary/aromatic N) is 2. The number of aromatic hydroxyl groups is 1. The number of ether oxygens (including phenoxy) is 2. The molecule has 2 aliphatic carbocycles. The number of nitrogens with one attached hydrogen (secondary N) is 1. The van der Waals surface area contributed by atoms with Crippen LogP contribution in [0.2, 0.25) is 10.0 Å². The Bertz CT molecular complexity index is 2130. The molecule has 14 heteroatoms. The zero-order chi connectivity index (χ0) is 35.9. The topological polar surface area (TPSA) is 169 Å². The molecule has 3 fully saturated rings. The molecule has 0 aromatic heterocycles. The lowest BCUT2D eigenvalue weighted by Crippen LogP contribution is -2.55. The second-order valence-electron chi connectivity index (χ2n) is 13.3. The normalized spacial score (nSPS) is 27.9. The van der Waals surface area contributed by atoms with Gasteiger partial charge in [-0.25, -0.2) is 4.79 Å². The Morgan fingerprint density at radius 1 is 1.00 bits per heavy atom. The van der Waals surface area contributed by atoms with Crippen LogP contribution in [0.15, 0.2) is 84.1 Å². The average Bonchev–Trinajstić information content (AvgIpc) is 3.49. The van der Waals surface area contributed by atoms with Crippen LogP contribution in [-0.4, -0.2) is 51.8 Å². The largest absolute Gasteiger partial charge is 0.508 e. The minimum absolute atomic E-state index is 0.00374. The number of allylic oxidation sites excluding steroid dienone is 3. The van der Waals surface area contributed by atoms with E-state index in [0.29, 0.717) is 43.7 Å². The molecule has 12 nitrogen and oxygen atoms in total. The van der Waals surface area contributed by atoms with Crippen molar-refractivity contribution in [1.29, 1.82) is 0 Å². The van der Waals surface area contributed by atoms with Crippen molar-refractivity contribution < 1.29 is 38.6 Å². The van der Waals surface area contributed by atoms with Crippen LogP contribution in [0.3, 0.4) is 0 Å². The molecule has 3 aromatic rings. The van der Waals surface area contributed by atoms with Crippen molar-refractivity contribution in [3.63, 3.8) is 0 Å². The number of halogens is 2. The van der Waals surface area contributed by atoms with Crippen LogP contribution in [0.1, 0.15) is 24.0 Å². The quantitative estimate of drug-likeness (QED) is 0.238. The second kappa shape index (κ2) is 11.9. The molecule has 0 radical (unpaired) electrons. The van der Waals surface area contributed by atoms with Crippen LogP contribution >= 0.6 is 23.2 Å². The van der Waals surface area contributed by atoms with Crippen LogP contribution in [0.25, 0.3) is 0 Å². The van der Waals surface area contributed by atoms with Gasteiger partial charge in [0.2, 0.25) is 11.8 Å². The number of rotatable bonds is 5. The number of phenolic OH excluding ortho intramolecular Hbond substituents is 1. The summed E-state index contributed by atoms with van der Waals surface area (Å²) in [6.45, 7) is 0. The van der Waals surface area contributed by atoms with Gasteiger partial charge < -0.3 is 20.3 Å². The summed E-state index contributed by atoms with van der Waals surface area (Å²) in [5, 5.41) is 11.9. The highest BCUT2D eigenvalue weighted by Crippen LogP contribution is 2.63. The number of hydrogen-bond donors (Lipinski definition) is 3. The van der Waals surface area contributed by atoms with Gasteiger partial charge in [0.15, 0.2) is 0 Å². The predicted octanol–water partition coefficient (Wildman–Crippen LogP) is 5.12. The first-order valence-electron chi connectivity index (χ1n) is 16.2. The average molecular weight is 730 g/mol. The maximum absolute atomic E-state index is 15.3. The maximum atomic E-state index is 15.3. The summed E-state index contributed by atoms with van der Waals surface area (Å²) in [7, 11) is 1.52. The van der Waals surface area contributed by atoms with Crippen LogP contribution in [-0.2, 0) is 31.0 Å². The fourth-order valence-corrected chi connectivity index (χ4v) is 9.33. The Morgan fingerprint density at radius 2 is 1.76 bits per heavy atom. The van der Waals surface area contributed by atoms with Crippen molar-refractivity contribution in [3.8, 4) is 17.2 Å². The molecular formula is C37H30Cl2N4O8. The fraction of sp³-hybridized carbons (Fsp3) is 0.270. The summed E-state index contributed by atoms with van der Waals surface area (Å²) < 4.78 is 11.5. The Morgan fingerprint density at radius 3 is 2.47 bits per heavy atom. The number of hydrazine groups is 1. The third-order valence-corrected chi connectivity index (χ3v) is 11.5. The van der Waals surface area contributed by atoms with Gasteiger partial charge in [0.05, 0.1) is 47.3 Å². The lowest BCUT2D eigenvalue weighted by molar-refractivity contribution is -0.139. The van der Waals surface area contributed by atoms with E-state index < -0.39 is 64.7 Å². The number of likely N-dealkylation sites (tertiary alicyclic amines) is 1. The molecule has 2 saturated heterocycles. The van der Waals surface area contributed by atoms with Gasteiger partial charge in [-0.2, -0.15) is 9.91 Å². The first kappa shape index (κ1) is 32.9. The number of imide groups is 4. The van der Waals surface area contributed by atoms with Crippen molar-refractivity contribution in [1.82, 2.24) is 9.91 Å². The monoisotopic (exact) mass is 728 g/mol. The van der Waals surface area contributed by atoms with Gasteiger partial charge in [-0.05, 0) is 78.4 Å². The highest BCUT2D eigenvalue weighted by atomic mass is 35.5. The molecular weight excluding hydrogens is 699 g/mol. The number of anilines is 1. The summed E-state index contributed by atoms with van der Waals surface area (Å²) in [6, 6.07) is 15.1. The number of nitrogens with two attached hydrogens (primary N) is 1. The number of methoxy groups -OCH3 is 1. The van der Waals surface area contributed by atoms with Crippen LogP contribution in [0.5, 0.6) is 17.2 Å². The molecule has 51 heavy (non-hydrogen) atoms. The van der Waals surface area contributed by atoms with Crippen molar-refractivity contribution in [2.75, 3.05) is 12.5 Å². The lowest BCUT2D eigenvalue weighted by Gasteiger charge is -2.51. The van der Waals surface area contributed by atoms with Crippen LogP contribution < -0.4 is 20.6 Å². The Labute approximate surface area is 301 Å². The molecule has 0 spiro atoms. The van der Waals surface area contributed by atoms with E-state index in [1.165, 1.54) is 19.2 Å². The second-order valence-corrected chi connectivity index (χ2v) is 14.2. The molecule has 4 N–H and O–H groups in total. The van der Waals surface area contributed by atoms with Gasteiger partial charge in [0, 0.05) is 22.9 Å². The van der Waals surface area contributed by atoms with Gasteiger partial charge in [-0.3, -0.25) is 24.6 Å². The molecule has 6 atom stereocenters. The molecule has 6 amide bonds. The summed E-state index contributed by atoms with van der Waals surface area (Å²) in [4.78, 5) is 70.2. The van der Waals surface area contributed by atoms with E-state index in [2.05, 4.69) is 5.43 Å².